The van der Waals surface area contributed by atoms with Crippen molar-refractivity contribution in [2.75, 3.05) is 31.3 Å². The Hall–Kier alpha value is -3.44. The maximum atomic E-state index is 15.0. The molecule has 1 saturated heterocycles. The monoisotopic (exact) mass is 532 g/mol. The highest BCUT2D eigenvalue weighted by Gasteiger charge is 2.27. The third-order valence-corrected chi connectivity index (χ3v) is 6.71. The van der Waals surface area contributed by atoms with Crippen LogP contribution in [0.1, 0.15) is 30.2 Å². The number of alkyl halides is 2. The van der Waals surface area contributed by atoms with Gasteiger partial charge in [0, 0.05) is 55.0 Å². The van der Waals surface area contributed by atoms with E-state index in [0.717, 1.165) is 4.68 Å². The predicted octanol–water partition coefficient (Wildman–Crippen LogP) is 4.70. The van der Waals surface area contributed by atoms with Crippen LogP contribution in [0.15, 0.2) is 41.5 Å². The Morgan fingerprint density at radius 1 is 1.27 bits per heavy atom. The first kappa shape index (κ1) is 25.2. The molecule has 194 valence electrons. The minimum absolute atomic E-state index is 0.131. The number of halogens is 4. The van der Waals surface area contributed by atoms with E-state index in [9.17, 15) is 13.6 Å². The lowest BCUT2D eigenvalue weighted by molar-refractivity contribution is 0.0393. The molecule has 2 atom stereocenters. The van der Waals surface area contributed by atoms with E-state index in [1.54, 1.807) is 20.0 Å². The van der Waals surface area contributed by atoms with Crippen LogP contribution in [0.5, 0.6) is 0 Å². The topological polar surface area (TPSA) is 78.1 Å². The molecule has 4 heterocycles. The van der Waals surface area contributed by atoms with E-state index in [-0.39, 0.29) is 33.6 Å². The summed E-state index contributed by atoms with van der Waals surface area (Å²) in [5.74, 6) is 0.374. The Balaban J connectivity index is 1.57. The lowest BCUT2D eigenvalue weighted by Crippen LogP contribution is -2.39. The number of benzene rings is 1. The van der Waals surface area contributed by atoms with Gasteiger partial charge in [0.2, 0.25) is 0 Å². The maximum Gasteiger partial charge on any atom is 0.263 e. The fourth-order valence-corrected chi connectivity index (χ4v) is 4.53. The average molecular weight is 533 g/mol. The Morgan fingerprint density at radius 3 is 2.84 bits per heavy atom. The molecule has 0 saturated carbocycles. The minimum Gasteiger partial charge on any atom is -0.370 e. The van der Waals surface area contributed by atoms with E-state index in [2.05, 4.69) is 10.1 Å². The van der Waals surface area contributed by atoms with Crippen molar-refractivity contribution < 1.29 is 17.9 Å². The quantitative estimate of drug-likeness (QED) is 0.358. The molecule has 1 aliphatic rings. The number of fused-ring (bicyclic) bond motifs is 1. The van der Waals surface area contributed by atoms with Crippen molar-refractivity contribution in [2.45, 2.75) is 25.7 Å². The van der Waals surface area contributed by atoms with Gasteiger partial charge in [0.25, 0.3) is 5.56 Å². The Kier molecular flexibility index (Phi) is 6.91. The Morgan fingerprint density at radius 2 is 2.08 bits per heavy atom. The van der Waals surface area contributed by atoms with Crippen LogP contribution < -0.4 is 10.5 Å². The summed E-state index contributed by atoms with van der Waals surface area (Å²) >= 11 is 5.96. The van der Waals surface area contributed by atoms with Gasteiger partial charge in [-0.05, 0) is 25.1 Å². The minimum atomic E-state index is -1.56. The number of rotatable bonds is 6. The molecule has 0 aliphatic carbocycles. The van der Waals surface area contributed by atoms with Gasteiger partial charge in [-0.3, -0.25) is 13.8 Å². The molecule has 1 unspecified atom stereocenters. The van der Waals surface area contributed by atoms with Crippen LogP contribution in [0, 0.1) is 12.7 Å². The second-order valence-electron chi connectivity index (χ2n) is 8.84. The molecule has 5 rings (SSSR count). The molecule has 0 amide bonds. The summed E-state index contributed by atoms with van der Waals surface area (Å²) in [6.45, 7) is 2.09. The van der Waals surface area contributed by atoms with Crippen LogP contribution in [0.25, 0.3) is 22.2 Å². The molecule has 1 aromatic carbocycles. The molecule has 1 fully saturated rings. The van der Waals surface area contributed by atoms with Gasteiger partial charge in [0.05, 0.1) is 36.1 Å². The summed E-state index contributed by atoms with van der Waals surface area (Å²) in [7, 11) is 1.60. The first-order valence-corrected chi connectivity index (χ1v) is 12.1. The molecule has 4 aromatic rings. The second kappa shape index (κ2) is 10.1. The number of anilines is 1. The number of aryl methyl sites for hydroxylation is 1. The van der Waals surface area contributed by atoms with Crippen molar-refractivity contribution in [3.63, 3.8) is 0 Å². The lowest BCUT2D eigenvalue weighted by Gasteiger charge is -2.33. The maximum absolute atomic E-state index is 15.0. The van der Waals surface area contributed by atoms with Gasteiger partial charge in [-0.1, -0.05) is 11.6 Å². The molecule has 37 heavy (non-hydrogen) atoms. The molecule has 3 aromatic heterocycles. The third-order valence-electron chi connectivity index (χ3n) is 6.48. The number of morpholine rings is 1. The van der Waals surface area contributed by atoms with Crippen LogP contribution in [-0.2, 0) is 11.8 Å². The summed E-state index contributed by atoms with van der Waals surface area (Å²) in [6, 6.07) is 5.90. The van der Waals surface area contributed by atoms with Crippen molar-refractivity contribution in [1.29, 1.82) is 0 Å². The Labute approximate surface area is 215 Å². The highest BCUT2D eigenvalue weighted by Crippen LogP contribution is 2.33. The highest BCUT2D eigenvalue weighted by atomic mass is 35.5. The number of ether oxygens (including phenoxy) is 1. The van der Waals surface area contributed by atoms with Crippen LogP contribution in [-0.4, -0.2) is 50.7 Å². The van der Waals surface area contributed by atoms with Crippen LogP contribution >= 0.6 is 11.6 Å². The molecule has 0 spiro atoms. The van der Waals surface area contributed by atoms with E-state index in [1.807, 2.05) is 4.90 Å². The standard InChI is InChI=1S/C25H24ClF3N6O2/c1-14-31-19-10-22(32-24(23(19)25(36)33(14)2)17-4-3-16(26)9-18(17)28)34-7-8-37-20(13-34)15-11-30-35(12-15)21(29)5-6-27/h3-4,9-12,20-21H,5-8,13H2,1-2H3/t20-,21?/m1/s1. The van der Waals surface area contributed by atoms with Gasteiger partial charge in [0.15, 0.2) is 6.30 Å². The number of pyridine rings is 1. The first-order valence-electron chi connectivity index (χ1n) is 11.7. The zero-order chi connectivity index (χ0) is 26.3. The molecule has 0 radical (unpaired) electrons. The Bertz CT molecular complexity index is 1520. The van der Waals surface area contributed by atoms with Crippen molar-refractivity contribution in [3.05, 3.63) is 69.2 Å². The van der Waals surface area contributed by atoms with Crippen LogP contribution in [0.2, 0.25) is 5.02 Å². The zero-order valence-corrected chi connectivity index (χ0v) is 20.9. The van der Waals surface area contributed by atoms with Gasteiger partial charge in [-0.25, -0.2) is 23.4 Å². The van der Waals surface area contributed by atoms with Gasteiger partial charge in [-0.2, -0.15) is 5.10 Å². The highest BCUT2D eigenvalue weighted by molar-refractivity contribution is 6.30. The van der Waals surface area contributed by atoms with E-state index in [1.165, 1.54) is 35.2 Å². The number of nitrogens with zero attached hydrogens (tertiary/aromatic N) is 6. The van der Waals surface area contributed by atoms with Crippen LogP contribution in [0.3, 0.4) is 0 Å². The third kappa shape index (κ3) is 4.80. The number of hydrogen-bond donors (Lipinski definition) is 0. The van der Waals surface area contributed by atoms with Crippen molar-refractivity contribution in [2.24, 2.45) is 7.05 Å². The summed E-state index contributed by atoms with van der Waals surface area (Å²) < 4.78 is 50.0. The van der Waals surface area contributed by atoms with Gasteiger partial charge in [-0.15, -0.1) is 0 Å². The van der Waals surface area contributed by atoms with Crippen molar-refractivity contribution in [3.8, 4) is 11.3 Å². The summed E-state index contributed by atoms with van der Waals surface area (Å²) in [4.78, 5) is 24.4. The summed E-state index contributed by atoms with van der Waals surface area (Å²) in [6.07, 6.45) is 0.706. The van der Waals surface area contributed by atoms with Crippen LogP contribution in [0.4, 0.5) is 19.0 Å². The number of hydrogen-bond acceptors (Lipinski definition) is 6. The normalized spacial score (nSPS) is 16.9. The fraction of sp³-hybridized carbons (Fsp3) is 0.360. The molecule has 0 bridgehead atoms. The summed E-state index contributed by atoms with van der Waals surface area (Å²) in [5, 5.41) is 4.43. The van der Waals surface area contributed by atoms with Crippen molar-refractivity contribution >= 4 is 28.3 Å². The van der Waals surface area contributed by atoms with Crippen molar-refractivity contribution in [1.82, 2.24) is 24.3 Å². The van der Waals surface area contributed by atoms with E-state index in [0.29, 0.717) is 42.4 Å². The largest absolute Gasteiger partial charge is 0.370 e. The molecule has 1 aliphatic heterocycles. The van der Waals surface area contributed by atoms with Gasteiger partial charge in [0.1, 0.15) is 23.6 Å². The SMILES string of the molecule is Cc1nc2cc(N3CCO[C@@H](c4cnn(C(F)CCF)c4)C3)nc(-c3ccc(Cl)cc3F)c2c(=O)n1C. The second-order valence-corrected chi connectivity index (χ2v) is 9.28. The average Bonchev–Trinajstić information content (AvgIpc) is 3.38. The smallest absolute Gasteiger partial charge is 0.263 e. The molecule has 12 heteroatoms. The summed E-state index contributed by atoms with van der Waals surface area (Å²) in [5.41, 5.74) is 0.979. The molecule has 8 nitrogen and oxygen atoms in total. The van der Waals surface area contributed by atoms with E-state index in [4.69, 9.17) is 21.3 Å². The van der Waals surface area contributed by atoms with E-state index >= 15 is 4.39 Å². The lowest BCUT2D eigenvalue weighted by atomic mass is 10.1. The molecular formula is C25H24ClF3N6O2. The predicted molar refractivity (Wildman–Crippen MR) is 134 cm³/mol. The van der Waals surface area contributed by atoms with Gasteiger partial charge >= 0.3 is 0 Å². The van der Waals surface area contributed by atoms with Gasteiger partial charge < -0.3 is 9.64 Å². The first-order chi connectivity index (χ1) is 17.8. The molecular weight excluding hydrogens is 509 g/mol. The van der Waals surface area contributed by atoms with E-state index < -0.39 is 24.9 Å². The molecule has 0 N–H and O–H groups in total. The fourth-order valence-electron chi connectivity index (χ4n) is 4.37. The zero-order valence-electron chi connectivity index (χ0n) is 20.2. The number of aromatic nitrogens is 5.